The number of hydrogen-bond acceptors (Lipinski definition) is 5. The molecule has 5 nitrogen and oxygen atoms in total. The summed E-state index contributed by atoms with van der Waals surface area (Å²) in [6.45, 7) is 0.108. The van der Waals surface area contributed by atoms with Gasteiger partial charge in [-0.15, -0.1) is 0 Å². The Kier molecular flexibility index (Phi) is 7.02. The van der Waals surface area contributed by atoms with Crippen LogP contribution in [0.4, 0.5) is 4.79 Å². The van der Waals surface area contributed by atoms with Crippen LogP contribution in [-0.2, 0) is 11.4 Å². The first-order valence-corrected chi connectivity index (χ1v) is 12.8. The van der Waals surface area contributed by atoms with Crippen LogP contribution in [0.3, 0.4) is 0 Å². The number of thioether (sulfide) groups is 1. The van der Waals surface area contributed by atoms with Crippen molar-refractivity contribution in [3.63, 3.8) is 0 Å². The molecule has 0 aliphatic carbocycles. The van der Waals surface area contributed by atoms with Crippen LogP contribution in [-0.4, -0.2) is 28.4 Å². The molecule has 0 spiro atoms. The molecular formula is C29H20BrNO4S. The van der Waals surface area contributed by atoms with Crippen molar-refractivity contribution in [3.8, 4) is 5.75 Å². The van der Waals surface area contributed by atoms with E-state index in [4.69, 9.17) is 4.74 Å². The molecular weight excluding hydrogens is 538 g/mol. The number of hydrogen-bond donors (Lipinski definition) is 0. The van der Waals surface area contributed by atoms with Crippen molar-refractivity contribution < 1.29 is 19.1 Å². The SMILES string of the molecule is O=C(CN1C(=O)S/C(=C/c2cccc(OCc3cccc4ccccc34)c2)C1=O)c1ccc(Br)cc1. The van der Waals surface area contributed by atoms with Crippen molar-refractivity contribution in [3.05, 3.63) is 117 Å². The van der Waals surface area contributed by atoms with Gasteiger partial charge in [-0.3, -0.25) is 19.3 Å². The summed E-state index contributed by atoms with van der Waals surface area (Å²) < 4.78 is 6.88. The number of rotatable bonds is 7. The number of imide groups is 1. The Balaban J connectivity index is 1.28. The Morgan fingerprint density at radius 3 is 2.50 bits per heavy atom. The molecule has 1 aliphatic heterocycles. The van der Waals surface area contributed by atoms with E-state index in [1.54, 1.807) is 30.3 Å². The number of carbonyl (C=O) groups excluding carboxylic acids is 3. The van der Waals surface area contributed by atoms with Gasteiger partial charge in [0.2, 0.25) is 0 Å². The minimum Gasteiger partial charge on any atom is -0.489 e. The van der Waals surface area contributed by atoms with Crippen LogP contribution in [0.2, 0.25) is 0 Å². The lowest BCUT2D eigenvalue weighted by atomic mass is 10.1. The van der Waals surface area contributed by atoms with Crippen LogP contribution in [0.1, 0.15) is 21.5 Å². The second-order valence-corrected chi connectivity index (χ2v) is 10.1. The van der Waals surface area contributed by atoms with Crippen molar-refractivity contribution in [1.82, 2.24) is 4.90 Å². The van der Waals surface area contributed by atoms with E-state index in [0.29, 0.717) is 17.9 Å². The van der Waals surface area contributed by atoms with Crippen LogP contribution in [0.15, 0.2) is 100 Å². The average Bonchev–Trinajstić information content (AvgIpc) is 3.15. The zero-order chi connectivity index (χ0) is 25.1. The number of carbonyl (C=O) groups is 3. The highest BCUT2D eigenvalue weighted by atomic mass is 79.9. The molecule has 5 rings (SSSR count). The quantitative estimate of drug-likeness (QED) is 0.179. The first-order valence-electron chi connectivity index (χ1n) is 11.2. The zero-order valence-electron chi connectivity index (χ0n) is 19.0. The van der Waals surface area contributed by atoms with Crippen molar-refractivity contribution in [2.24, 2.45) is 0 Å². The second-order valence-electron chi connectivity index (χ2n) is 8.20. The molecule has 4 aromatic rings. The standard InChI is InChI=1S/C29H20BrNO4S/c30-23-13-11-21(12-14-23)26(32)17-31-28(33)27(36-29(31)34)16-19-5-3-9-24(15-19)35-18-22-8-4-7-20-6-1-2-10-25(20)22/h1-16H,17-18H2/b27-16+. The van der Waals surface area contributed by atoms with Gasteiger partial charge in [0.15, 0.2) is 5.78 Å². The van der Waals surface area contributed by atoms with Gasteiger partial charge in [-0.25, -0.2) is 0 Å². The van der Waals surface area contributed by atoms with Crippen LogP contribution >= 0.6 is 27.7 Å². The highest BCUT2D eigenvalue weighted by Crippen LogP contribution is 2.33. The first kappa shape index (κ1) is 24.0. The maximum Gasteiger partial charge on any atom is 0.293 e. The van der Waals surface area contributed by atoms with Crippen molar-refractivity contribution >= 4 is 61.5 Å². The molecule has 0 N–H and O–H groups in total. The van der Waals surface area contributed by atoms with Gasteiger partial charge in [-0.2, -0.15) is 0 Å². The molecule has 0 saturated carbocycles. The molecule has 4 aromatic carbocycles. The molecule has 178 valence electrons. The van der Waals surface area contributed by atoms with Gasteiger partial charge < -0.3 is 4.74 Å². The minimum absolute atomic E-state index is 0.273. The largest absolute Gasteiger partial charge is 0.489 e. The van der Waals surface area contributed by atoms with E-state index in [2.05, 4.69) is 34.1 Å². The van der Waals surface area contributed by atoms with E-state index in [0.717, 1.165) is 43.0 Å². The molecule has 0 atom stereocenters. The molecule has 2 amide bonds. The highest BCUT2D eigenvalue weighted by molar-refractivity contribution is 9.10. The molecule has 0 bridgehead atoms. The predicted molar refractivity (Wildman–Crippen MR) is 146 cm³/mol. The van der Waals surface area contributed by atoms with E-state index in [1.807, 2.05) is 48.5 Å². The summed E-state index contributed by atoms with van der Waals surface area (Å²) in [4.78, 5) is 39.2. The molecule has 7 heteroatoms. The number of ketones is 1. The number of halogens is 1. The number of Topliss-reactive ketones (excluding diaryl/α,β-unsaturated/α-hetero) is 1. The van der Waals surface area contributed by atoms with Gasteiger partial charge in [-0.05, 0) is 64.0 Å². The van der Waals surface area contributed by atoms with Crippen molar-refractivity contribution in [1.29, 1.82) is 0 Å². The van der Waals surface area contributed by atoms with Crippen LogP contribution in [0.25, 0.3) is 16.8 Å². The molecule has 1 saturated heterocycles. The molecule has 1 aliphatic rings. The van der Waals surface area contributed by atoms with Gasteiger partial charge >= 0.3 is 0 Å². The Morgan fingerprint density at radius 1 is 0.917 bits per heavy atom. The lowest BCUT2D eigenvalue weighted by Crippen LogP contribution is -2.33. The fourth-order valence-corrected chi connectivity index (χ4v) is 5.03. The van der Waals surface area contributed by atoms with E-state index in [9.17, 15) is 14.4 Å². The molecule has 0 aromatic heterocycles. The topological polar surface area (TPSA) is 63.7 Å². The number of ether oxygens (including phenoxy) is 1. The number of nitrogens with zero attached hydrogens (tertiary/aromatic N) is 1. The lowest BCUT2D eigenvalue weighted by Gasteiger charge is -2.11. The fraction of sp³-hybridized carbons (Fsp3) is 0.0690. The van der Waals surface area contributed by atoms with Crippen molar-refractivity contribution in [2.75, 3.05) is 6.54 Å². The third-order valence-electron chi connectivity index (χ3n) is 5.77. The summed E-state index contributed by atoms with van der Waals surface area (Å²) in [5.41, 5.74) is 2.25. The summed E-state index contributed by atoms with van der Waals surface area (Å²) in [6, 6.07) is 28.4. The van der Waals surface area contributed by atoms with E-state index < -0.39 is 11.1 Å². The lowest BCUT2D eigenvalue weighted by molar-refractivity contribution is -0.122. The normalized spacial score (nSPS) is 14.6. The third kappa shape index (κ3) is 5.27. The Labute approximate surface area is 220 Å². The number of fused-ring (bicyclic) bond motifs is 1. The summed E-state index contributed by atoms with van der Waals surface area (Å²) in [5.74, 6) is -0.117. The van der Waals surface area contributed by atoms with E-state index in [-0.39, 0.29) is 17.2 Å². The number of amides is 2. The predicted octanol–water partition coefficient (Wildman–Crippen LogP) is 7.10. The van der Waals surface area contributed by atoms with Gasteiger partial charge in [0.1, 0.15) is 12.4 Å². The van der Waals surface area contributed by atoms with Crippen LogP contribution < -0.4 is 4.74 Å². The maximum absolute atomic E-state index is 12.9. The summed E-state index contributed by atoms with van der Waals surface area (Å²) in [6.07, 6.45) is 1.65. The summed E-state index contributed by atoms with van der Waals surface area (Å²) in [5, 5.41) is 1.84. The summed E-state index contributed by atoms with van der Waals surface area (Å²) >= 11 is 4.16. The van der Waals surface area contributed by atoms with Crippen LogP contribution in [0.5, 0.6) is 5.75 Å². The number of benzene rings is 4. The molecule has 1 fully saturated rings. The smallest absolute Gasteiger partial charge is 0.293 e. The fourth-order valence-electron chi connectivity index (χ4n) is 3.93. The minimum atomic E-state index is -0.475. The van der Waals surface area contributed by atoms with Crippen molar-refractivity contribution in [2.45, 2.75) is 6.61 Å². The van der Waals surface area contributed by atoms with Gasteiger partial charge in [-0.1, -0.05) is 82.7 Å². The first-order chi connectivity index (χ1) is 17.5. The average molecular weight is 558 g/mol. The Morgan fingerprint density at radius 2 is 1.67 bits per heavy atom. The highest BCUT2D eigenvalue weighted by Gasteiger charge is 2.36. The van der Waals surface area contributed by atoms with Gasteiger partial charge in [0.25, 0.3) is 11.1 Å². The third-order valence-corrected chi connectivity index (χ3v) is 7.21. The Bertz CT molecular complexity index is 1510. The van der Waals surface area contributed by atoms with Crippen LogP contribution in [0, 0.1) is 0 Å². The van der Waals surface area contributed by atoms with Gasteiger partial charge in [0.05, 0.1) is 11.4 Å². The maximum atomic E-state index is 12.9. The van der Waals surface area contributed by atoms with Gasteiger partial charge in [0, 0.05) is 10.0 Å². The molecule has 36 heavy (non-hydrogen) atoms. The second kappa shape index (κ2) is 10.5. The van der Waals surface area contributed by atoms with E-state index in [1.165, 1.54) is 0 Å². The molecule has 0 unspecified atom stereocenters. The monoisotopic (exact) mass is 557 g/mol. The molecule has 0 radical (unpaired) electrons. The molecule has 1 heterocycles. The zero-order valence-corrected chi connectivity index (χ0v) is 21.4. The Hall–Kier alpha value is -3.68. The van der Waals surface area contributed by atoms with E-state index >= 15 is 0 Å². The summed E-state index contributed by atoms with van der Waals surface area (Å²) in [7, 11) is 0.